The van der Waals surface area contributed by atoms with Crippen LogP contribution in [0.15, 0.2) is 71.3 Å². The van der Waals surface area contributed by atoms with Gasteiger partial charge in [0.25, 0.3) is 0 Å². The Bertz CT molecular complexity index is 1150. The monoisotopic (exact) mass is 448 g/mol. The molecule has 0 saturated carbocycles. The van der Waals surface area contributed by atoms with Gasteiger partial charge in [-0.25, -0.2) is 9.07 Å². The van der Waals surface area contributed by atoms with Crippen molar-refractivity contribution in [2.45, 2.75) is 12.6 Å². The third-order valence-electron chi connectivity index (χ3n) is 5.99. The van der Waals surface area contributed by atoms with Gasteiger partial charge >= 0.3 is 0 Å². The van der Waals surface area contributed by atoms with E-state index >= 15 is 0 Å². The number of benzene rings is 2. The lowest BCUT2D eigenvalue weighted by Gasteiger charge is -2.39. The van der Waals surface area contributed by atoms with Gasteiger partial charge in [0.05, 0.1) is 19.4 Å². The number of aromatic nitrogens is 4. The maximum Gasteiger partial charge on any atom is 0.173 e. The maximum atomic E-state index is 13.3. The van der Waals surface area contributed by atoms with Crippen LogP contribution in [0.3, 0.4) is 0 Å². The van der Waals surface area contributed by atoms with Crippen molar-refractivity contribution in [2.75, 3.05) is 38.2 Å². The minimum absolute atomic E-state index is 0.128. The molecule has 8 nitrogen and oxygen atoms in total. The van der Waals surface area contributed by atoms with Crippen LogP contribution in [-0.2, 0) is 6.54 Å². The van der Waals surface area contributed by atoms with E-state index in [1.807, 2.05) is 36.4 Å². The average Bonchev–Trinajstić information content (AvgIpc) is 3.54. The molecule has 1 aliphatic rings. The molecule has 0 radical (unpaired) electrons. The van der Waals surface area contributed by atoms with Gasteiger partial charge in [0.2, 0.25) is 0 Å². The van der Waals surface area contributed by atoms with E-state index in [1.54, 1.807) is 18.1 Å². The number of hydrogen-bond donors (Lipinski definition) is 0. The summed E-state index contributed by atoms with van der Waals surface area (Å²) in [5.41, 5.74) is 2.11. The summed E-state index contributed by atoms with van der Waals surface area (Å²) in [4.78, 5) is 4.65. The second kappa shape index (κ2) is 9.41. The molecule has 2 aromatic carbocycles. The predicted molar refractivity (Wildman–Crippen MR) is 121 cm³/mol. The number of rotatable bonds is 7. The Morgan fingerprint density at radius 2 is 1.76 bits per heavy atom. The first-order chi connectivity index (χ1) is 16.2. The summed E-state index contributed by atoms with van der Waals surface area (Å²) < 4.78 is 26.0. The normalized spacial score (nSPS) is 15.5. The zero-order chi connectivity index (χ0) is 22.6. The first-order valence-electron chi connectivity index (χ1n) is 10.9. The lowest BCUT2D eigenvalue weighted by atomic mass is 10.0. The zero-order valence-electron chi connectivity index (χ0n) is 18.3. The van der Waals surface area contributed by atoms with Crippen molar-refractivity contribution in [3.63, 3.8) is 0 Å². The Kier molecular flexibility index (Phi) is 6.03. The van der Waals surface area contributed by atoms with Crippen LogP contribution >= 0.6 is 0 Å². The Morgan fingerprint density at radius 1 is 1.00 bits per heavy atom. The van der Waals surface area contributed by atoms with Gasteiger partial charge in [0, 0.05) is 31.9 Å². The third-order valence-corrected chi connectivity index (χ3v) is 5.99. The molecule has 1 unspecified atom stereocenters. The lowest BCUT2D eigenvalue weighted by Crippen LogP contribution is -2.48. The number of piperazine rings is 1. The second-order valence-electron chi connectivity index (χ2n) is 7.95. The van der Waals surface area contributed by atoms with Crippen LogP contribution in [0.1, 0.15) is 23.2 Å². The fourth-order valence-corrected chi connectivity index (χ4v) is 4.27. The van der Waals surface area contributed by atoms with Crippen molar-refractivity contribution >= 4 is 5.69 Å². The Labute approximate surface area is 191 Å². The van der Waals surface area contributed by atoms with Crippen LogP contribution in [0.2, 0.25) is 0 Å². The number of anilines is 1. The number of ether oxygens (including phenoxy) is 1. The SMILES string of the molecule is COc1ccc(C(c2nnnn2Cc2ccco2)N2CCN(c3ccc(F)cc3)CC2)cc1. The van der Waals surface area contributed by atoms with Gasteiger partial charge in [0.15, 0.2) is 5.82 Å². The summed E-state index contributed by atoms with van der Waals surface area (Å²) in [6.45, 7) is 3.71. The summed E-state index contributed by atoms with van der Waals surface area (Å²) in [5.74, 6) is 2.12. The number of halogens is 1. The molecule has 0 bridgehead atoms. The summed E-state index contributed by atoms with van der Waals surface area (Å²) in [6.07, 6.45) is 1.65. The van der Waals surface area contributed by atoms with E-state index in [2.05, 4.69) is 37.5 Å². The molecule has 1 aliphatic heterocycles. The first kappa shape index (κ1) is 21.1. The van der Waals surface area contributed by atoms with Crippen molar-refractivity contribution < 1.29 is 13.5 Å². The Hall–Kier alpha value is -3.72. The molecule has 170 valence electrons. The highest BCUT2D eigenvalue weighted by atomic mass is 19.1. The van der Waals surface area contributed by atoms with Gasteiger partial charge in [0.1, 0.15) is 23.9 Å². The molecule has 9 heteroatoms. The van der Waals surface area contributed by atoms with Crippen molar-refractivity contribution in [1.82, 2.24) is 25.1 Å². The third kappa shape index (κ3) is 4.58. The fraction of sp³-hybridized carbons (Fsp3) is 0.292. The molecule has 0 amide bonds. The molecular weight excluding hydrogens is 423 g/mol. The average molecular weight is 449 g/mol. The van der Waals surface area contributed by atoms with Crippen molar-refractivity contribution in [3.8, 4) is 5.75 Å². The lowest BCUT2D eigenvalue weighted by molar-refractivity contribution is 0.200. The van der Waals surface area contributed by atoms with E-state index in [-0.39, 0.29) is 11.9 Å². The van der Waals surface area contributed by atoms with Crippen molar-refractivity contribution in [2.24, 2.45) is 0 Å². The van der Waals surface area contributed by atoms with Crippen LogP contribution < -0.4 is 9.64 Å². The van der Waals surface area contributed by atoms with Gasteiger partial charge < -0.3 is 14.1 Å². The van der Waals surface area contributed by atoms with Crippen LogP contribution in [0.4, 0.5) is 10.1 Å². The first-order valence-corrected chi connectivity index (χ1v) is 10.9. The van der Waals surface area contributed by atoms with E-state index in [0.717, 1.165) is 54.8 Å². The Balaban J connectivity index is 1.41. The van der Waals surface area contributed by atoms with Crippen LogP contribution in [0.25, 0.3) is 0 Å². The van der Waals surface area contributed by atoms with Gasteiger partial charge in [-0.05, 0) is 64.5 Å². The molecule has 33 heavy (non-hydrogen) atoms. The molecule has 1 atom stereocenters. The minimum atomic E-state index is -0.222. The van der Waals surface area contributed by atoms with Gasteiger partial charge in [-0.15, -0.1) is 5.10 Å². The topological polar surface area (TPSA) is 72.4 Å². The van der Waals surface area contributed by atoms with Gasteiger partial charge in [-0.1, -0.05) is 12.1 Å². The summed E-state index contributed by atoms with van der Waals surface area (Å²) in [5, 5.41) is 12.6. The molecule has 0 spiro atoms. The van der Waals surface area contributed by atoms with E-state index in [9.17, 15) is 4.39 Å². The standard InChI is InChI=1S/C24H25FN6O2/c1-32-21-10-4-18(5-11-21)23(24-26-27-28-31(24)17-22-3-2-16-33-22)30-14-12-29(13-15-30)20-8-6-19(25)7-9-20/h2-11,16,23H,12-15,17H2,1H3. The minimum Gasteiger partial charge on any atom is -0.497 e. The van der Waals surface area contributed by atoms with E-state index in [1.165, 1.54) is 12.1 Å². The number of methoxy groups -OCH3 is 1. The molecular formula is C24H25FN6O2. The molecule has 1 fully saturated rings. The zero-order valence-corrected chi connectivity index (χ0v) is 18.3. The van der Waals surface area contributed by atoms with E-state index in [0.29, 0.717) is 6.54 Å². The highest BCUT2D eigenvalue weighted by molar-refractivity contribution is 5.46. The number of hydrogen-bond acceptors (Lipinski definition) is 7. The van der Waals surface area contributed by atoms with E-state index < -0.39 is 0 Å². The van der Waals surface area contributed by atoms with Gasteiger partial charge in [-0.2, -0.15) is 0 Å². The summed E-state index contributed by atoms with van der Waals surface area (Å²) in [6, 6.07) is 18.3. The molecule has 3 heterocycles. The van der Waals surface area contributed by atoms with Crippen molar-refractivity contribution in [1.29, 1.82) is 0 Å². The quantitative estimate of drug-likeness (QED) is 0.429. The molecule has 5 rings (SSSR count). The van der Waals surface area contributed by atoms with E-state index in [4.69, 9.17) is 9.15 Å². The maximum absolute atomic E-state index is 13.3. The second-order valence-corrected chi connectivity index (χ2v) is 7.95. The largest absolute Gasteiger partial charge is 0.497 e. The molecule has 1 saturated heterocycles. The molecule has 0 N–H and O–H groups in total. The highest BCUT2D eigenvalue weighted by Gasteiger charge is 2.31. The predicted octanol–water partition coefficient (Wildman–Crippen LogP) is 3.37. The fourth-order valence-electron chi connectivity index (χ4n) is 4.27. The summed E-state index contributed by atoms with van der Waals surface area (Å²) >= 11 is 0. The van der Waals surface area contributed by atoms with Gasteiger partial charge in [-0.3, -0.25) is 4.90 Å². The molecule has 0 aliphatic carbocycles. The highest BCUT2D eigenvalue weighted by Crippen LogP contribution is 2.30. The molecule has 2 aromatic heterocycles. The van der Waals surface area contributed by atoms with Crippen LogP contribution in [0, 0.1) is 5.82 Å². The number of tetrazole rings is 1. The van der Waals surface area contributed by atoms with Crippen LogP contribution in [-0.4, -0.2) is 58.4 Å². The van der Waals surface area contributed by atoms with Crippen LogP contribution in [0.5, 0.6) is 5.75 Å². The number of nitrogens with zero attached hydrogens (tertiary/aromatic N) is 6. The smallest absolute Gasteiger partial charge is 0.173 e. The molecule has 4 aromatic rings. The number of furan rings is 1. The Morgan fingerprint density at radius 3 is 2.42 bits per heavy atom. The summed E-state index contributed by atoms with van der Waals surface area (Å²) in [7, 11) is 1.66. The van der Waals surface area contributed by atoms with Crippen molar-refractivity contribution in [3.05, 3.63) is 89.9 Å².